The lowest BCUT2D eigenvalue weighted by molar-refractivity contribution is 0.0899. The van der Waals surface area contributed by atoms with Gasteiger partial charge in [0.25, 0.3) is 5.91 Å². The number of nitrogens with zero attached hydrogens (tertiary/aromatic N) is 5. The maximum absolute atomic E-state index is 12.8. The molecule has 0 radical (unpaired) electrons. The number of aromatic nitrogens is 4. The number of carbonyl (C=O) groups is 1. The van der Waals surface area contributed by atoms with Gasteiger partial charge in [-0.3, -0.25) is 4.79 Å². The van der Waals surface area contributed by atoms with E-state index in [1.807, 2.05) is 6.92 Å². The smallest absolute Gasteiger partial charge is 0.253 e. The van der Waals surface area contributed by atoms with Crippen molar-refractivity contribution in [2.75, 3.05) is 11.4 Å². The molecule has 1 amide bonds. The van der Waals surface area contributed by atoms with E-state index in [-0.39, 0.29) is 11.4 Å². The summed E-state index contributed by atoms with van der Waals surface area (Å²) in [6.45, 7) is 2.93. The second kappa shape index (κ2) is 6.79. The van der Waals surface area contributed by atoms with Crippen LogP contribution in [0.5, 0.6) is 0 Å². The summed E-state index contributed by atoms with van der Waals surface area (Å²) >= 11 is 0. The Balaban J connectivity index is 1.45. The van der Waals surface area contributed by atoms with Gasteiger partial charge in [0.1, 0.15) is 11.6 Å². The van der Waals surface area contributed by atoms with Gasteiger partial charge in [0, 0.05) is 17.8 Å². The third-order valence-electron chi connectivity index (χ3n) is 6.67. The van der Waals surface area contributed by atoms with E-state index in [4.69, 9.17) is 9.97 Å². The number of carbonyl (C=O) groups excluding carboxylic acids is 1. The molecule has 3 aliphatic rings. The Morgan fingerprint density at radius 3 is 2.93 bits per heavy atom. The molecule has 2 aliphatic carbocycles. The Hall–Kier alpha value is -2.57. The van der Waals surface area contributed by atoms with Crippen LogP contribution >= 0.6 is 0 Å². The number of anilines is 1. The SMILES string of the molecule is Cc1nc2c(c(N3CCC4(NC(=O)c5ccnnc5)CCCC34)n1)CCCC2. The molecule has 5 rings (SSSR count). The molecular weight excluding hydrogens is 352 g/mol. The van der Waals surface area contributed by atoms with Crippen molar-refractivity contribution in [2.45, 2.75) is 69.9 Å². The van der Waals surface area contributed by atoms with Crippen LogP contribution < -0.4 is 10.2 Å². The lowest BCUT2D eigenvalue weighted by Gasteiger charge is -2.35. The maximum atomic E-state index is 12.8. The van der Waals surface area contributed by atoms with E-state index in [0.29, 0.717) is 11.6 Å². The summed E-state index contributed by atoms with van der Waals surface area (Å²) in [7, 11) is 0. The van der Waals surface area contributed by atoms with Gasteiger partial charge in [-0.1, -0.05) is 0 Å². The molecular formula is C21H26N6O. The van der Waals surface area contributed by atoms with E-state index < -0.39 is 0 Å². The van der Waals surface area contributed by atoms with Crippen molar-refractivity contribution in [3.63, 3.8) is 0 Å². The van der Waals surface area contributed by atoms with Gasteiger partial charge in [0.15, 0.2) is 0 Å². The van der Waals surface area contributed by atoms with Crippen LogP contribution in [-0.4, -0.2) is 44.2 Å². The molecule has 1 saturated carbocycles. The third-order valence-corrected chi connectivity index (χ3v) is 6.67. The van der Waals surface area contributed by atoms with Crippen LogP contribution in [0.3, 0.4) is 0 Å². The van der Waals surface area contributed by atoms with Gasteiger partial charge in [0.05, 0.1) is 29.5 Å². The van der Waals surface area contributed by atoms with E-state index >= 15 is 0 Å². The highest BCUT2D eigenvalue weighted by molar-refractivity contribution is 5.94. The predicted molar refractivity (Wildman–Crippen MR) is 105 cm³/mol. The van der Waals surface area contributed by atoms with Gasteiger partial charge in [-0.15, -0.1) is 0 Å². The summed E-state index contributed by atoms with van der Waals surface area (Å²) in [5, 5.41) is 11.0. The molecule has 2 aromatic heterocycles. The van der Waals surface area contributed by atoms with Crippen molar-refractivity contribution in [3.8, 4) is 0 Å². The molecule has 0 bridgehead atoms. The minimum Gasteiger partial charge on any atom is -0.351 e. The van der Waals surface area contributed by atoms with E-state index in [0.717, 1.165) is 56.7 Å². The third kappa shape index (κ3) is 2.84. The van der Waals surface area contributed by atoms with Crippen LogP contribution in [0.2, 0.25) is 0 Å². The number of nitrogens with one attached hydrogen (secondary N) is 1. The highest BCUT2D eigenvalue weighted by atomic mass is 16.1. The average molecular weight is 378 g/mol. The summed E-state index contributed by atoms with van der Waals surface area (Å²) in [6.07, 6.45) is 11.8. The first-order valence-corrected chi connectivity index (χ1v) is 10.4. The molecule has 1 aliphatic heterocycles. The number of hydrogen-bond donors (Lipinski definition) is 1. The molecule has 146 valence electrons. The van der Waals surface area contributed by atoms with Gasteiger partial charge in [0.2, 0.25) is 0 Å². The fourth-order valence-electron chi connectivity index (χ4n) is 5.39. The van der Waals surface area contributed by atoms with Crippen molar-refractivity contribution >= 4 is 11.7 Å². The van der Waals surface area contributed by atoms with Gasteiger partial charge in [-0.05, 0) is 64.4 Å². The van der Waals surface area contributed by atoms with Crippen molar-refractivity contribution in [3.05, 3.63) is 41.1 Å². The summed E-state index contributed by atoms with van der Waals surface area (Å²) in [6, 6.07) is 2.02. The molecule has 7 heteroatoms. The topological polar surface area (TPSA) is 83.9 Å². The molecule has 2 atom stereocenters. The minimum atomic E-state index is -0.180. The van der Waals surface area contributed by atoms with Crippen LogP contribution in [-0.2, 0) is 12.8 Å². The Morgan fingerprint density at radius 2 is 2.07 bits per heavy atom. The van der Waals surface area contributed by atoms with Crippen LogP contribution in [0.4, 0.5) is 5.82 Å². The predicted octanol–water partition coefficient (Wildman–Crippen LogP) is 2.39. The van der Waals surface area contributed by atoms with E-state index in [9.17, 15) is 4.79 Å². The normalized spacial score (nSPS) is 26.0. The van der Waals surface area contributed by atoms with E-state index in [1.54, 1.807) is 12.3 Å². The average Bonchev–Trinajstić information content (AvgIpc) is 3.26. The van der Waals surface area contributed by atoms with Crippen molar-refractivity contribution < 1.29 is 4.79 Å². The lowest BCUT2D eigenvalue weighted by Crippen LogP contribution is -2.53. The fraction of sp³-hybridized carbons (Fsp3) is 0.571. The lowest BCUT2D eigenvalue weighted by atomic mass is 9.92. The first-order chi connectivity index (χ1) is 13.7. The highest BCUT2D eigenvalue weighted by Crippen LogP contribution is 2.45. The number of aryl methyl sites for hydroxylation is 2. The van der Waals surface area contributed by atoms with Crippen LogP contribution in [0.25, 0.3) is 0 Å². The number of fused-ring (bicyclic) bond motifs is 2. The molecule has 0 aromatic carbocycles. The molecule has 7 nitrogen and oxygen atoms in total. The monoisotopic (exact) mass is 378 g/mol. The van der Waals surface area contributed by atoms with Crippen molar-refractivity contribution in [2.24, 2.45) is 0 Å². The van der Waals surface area contributed by atoms with Gasteiger partial charge >= 0.3 is 0 Å². The van der Waals surface area contributed by atoms with Crippen molar-refractivity contribution in [1.29, 1.82) is 0 Å². The summed E-state index contributed by atoms with van der Waals surface area (Å²) < 4.78 is 0. The number of amides is 1. The second-order valence-electron chi connectivity index (χ2n) is 8.32. The van der Waals surface area contributed by atoms with Crippen LogP contribution in [0.1, 0.15) is 66.0 Å². The standard InChI is InChI=1S/C21H26N6O/c1-14-24-17-6-3-2-5-16(17)19(25-14)27-12-10-21(9-4-7-18(21)27)26-20(28)15-8-11-22-23-13-15/h8,11,13,18H,2-7,9-10,12H2,1H3,(H,26,28). The van der Waals surface area contributed by atoms with E-state index in [1.165, 1.54) is 30.3 Å². The molecule has 2 aromatic rings. The first kappa shape index (κ1) is 17.5. The molecule has 1 N–H and O–H groups in total. The number of rotatable bonds is 3. The molecule has 2 fully saturated rings. The first-order valence-electron chi connectivity index (χ1n) is 10.4. The minimum absolute atomic E-state index is 0.0513. The van der Waals surface area contributed by atoms with Crippen molar-refractivity contribution in [1.82, 2.24) is 25.5 Å². The van der Waals surface area contributed by atoms with Gasteiger partial charge in [-0.2, -0.15) is 10.2 Å². The summed E-state index contributed by atoms with van der Waals surface area (Å²) in [4.78, 5) is 24.9. The Bertz CT molecular complexity index is 901. The Labute approximate surface area is 165 Å². The van der Waals surface area contributed by atoms with Crippen LogP contribution in [0.15, 0.2) is 18.5 Å². The molecule has 3 heterocycles. The number of hydrogen-bond acceptors (Lipinski definition) is 6. The largest absolute Gasteiger partial charge is 0.351 e. The molecule has 28 heavy (non-hydrogen) atoms. The van der Waals surface area contributed by atoms with Gasteiger partial charge < -0.3 is 10.2 Å². The van der Waals surface area contributed by atoms with E-state index in [2.05, 4.69) is 20.4 Å². The quantitative estimate of drug-likeness (QED) is 0.883. The fourth-order valence-corrected chi connectivity index (χ4v) is 5.39. The zero-order valence-corrected chi connectivity index (χ0v) is 16.3. The Kier molecular flexibility index (Phi) is 4.25. The highest BCUT2D eigenvalue weighted by Gasteiger charge is 2.52. The zero-order valence-electron chi connectivity index (χ0n) is 16.3. The van der Waals surface area contributed by atoms with Crippen LogP contribution in [0, 0.1) is 6.92 Å². The summed E-state index contributed by atoms with van der Waals surface area (Å²) in [5.41, 5.74) is 2.96. The summed E-state index contributed by atoms with van der Waals surface area (Å²) in [5.74, 6) is 1.93. The maximum Gasteiger partial charge on any atom is 0.253 e. The second-order valence-corrected chi connectivity index (χ2v) is 8.32. The zero-order chi connectivity index (χ0) is 19.1. The molecule has 1 saturated heterocycles. The molecule has 0 spiro atoms. The molecule has 2 unspecified atom stereocenters. The van der Waals surface area contributed by atoms with Gasteiger partial charge in [-0.25, -0.2) is 9.97 Å². The Morgan fingerprint density at radius 1 is 1.18 bits per heavy atom.